The Morgan fingerprint density at radius 2 is 1.85 bits per heavy atom. The van der Waals surface area contributed by atoms with Gasteiger partial charge >= 0.3 is 0 Å². The Hall–Kier alpha value is -1.40. The molecule has 0 saturated heterocycles. The first-order valence-corrected chi connectivity index (χ1v) is 7.51. The number of carbonyl (C=O) groups is 1. The standard InChI is InChI=1S/C16H17IN2O/c1-11-5-4-8-14(15(11)17)16(20)19-10-13-7-3-2-6-12(13)9-18/h2-8H,9-10,18H2,1H3,(H,19,20). The Bertz CT molecular complexity index is 626. The number of hydrogen-bond donors (Lipinski definition) is 2. The van der Waals surface area contributed by atoms with Crippen molar-refractivity contribution in [3.63, 3.8) is 0 Å². The fourth-order valence-electron chi connectivity index (χ4n) is 2.02. The fourth-order valence-corrected chi connectivity index (χ4v) is 2.63. The molecule has 0 spiro atoms. The molecule has 0 fully saturated rings. The normalized spacial score (nSPS) is 10.3. The van der Waals surface area contributed by atoms with Gasteiger partial charge in [0, 0.05) is 16.7 Å². The van der Waals surface area contributed by atoms with Crippen LogP contribution in [0.1, 0.15) is 27.0 Å². The van der Waals surface area contributed by atoms with E-state index in [4.69, 9.17) is 5.73 Å². The summed E-state index contributed by atoms with van der Waals surface area (Å²) in [6, 6.07) is 13.6. The summed E-state index contributed by atoms with van der Waals surface area (Å²) in [6.07, 6.45) is 0. The molecular formula is C16H17IN2O. The number of nitrogens with one attached hydrogen (secondary N) is 1. The van der Waals surface area contributed by atoms with E-state index in [0.717, 1.165) is 25.8 Å². The summed E-state index contributed by atoms with van der Waals surface area (Å²) in [5, 5.41) is 2.96. The van der Waals surface area contributed by atoms with Crippen LogP contribution in [0.5, 0.6) is 0 Å². The predicted octanol–water partition coefficient (Wildman–Crippen LogP) is 2.99. The average molecular weight is 380 g/mol. The third-order valence-corrected chi connectivity index (χ3v) is 4.65. The maximum atomic E-state index is 12.2. The molecule has 3 N–H and O–H groups in total. The number of hydrogen-bond acceptors (Lipinski definition) is 2. The van der Waals surface area contributed by atoms with Gasteiger partial charge in [-0.05, 0) is 52.3 Å². The van der Waals surface area contributed by atoms with Gasteiger partial charge in [-0.25, -0.2) is 0 Å². The topological polar surface area (TPSA) is 55.1 Å². The lowest BCUT2D eigenvalue weighted by atomic mass is 10.1. The van der Waals surface area contributed by atoms with Crippen molar-refractivity contribution >= 4 is 28.5 Å². The largest absolute Gasteiger partial charge is 0.348 e. The molecule has 0 saturated carbocycles. The quantitative estimate of drug-likeness (QED) is 0.802. The molecule has 1 amide bonds. The lowest BCUT2D eigenvalue weighted by Gasteiger charge is -2.11. The van der Waals surface area contributed by atoms with Gasteiger partial charge in [-0.3, -0.25) is 4.79 Å². The SMILES string of the molecule is Cc1cccc(C(=O)NCc2ccccc2CN)c1I. The zero-order valence-electron chi connectivity index (χ0n) is 11.3. The molecule has 0 aliphatic heterocycles. The molecule has 104 valence electrons. The Morgan fingerprint density at radius 1 is 1.15 bits per heavy atom. The van der Waals surface area contributed by atoms with Crippen molar-refractivity contribution in [3.8, 4) is 0 Å². The maximum Gasteiger partial charge on any atom is 0.252 e. The third kappa shape index (κ3) is 3.37. The monoisotopic (exact) mass is 380 g/mol. The Morgan fingerprint density at radius 3 is 2.55 bits per heavy atom. The van der Waals surface area contributed by atoms with E-state index in [1.807, 2.05) is 49.4 Å². The van der Waals surface area contributed by atoms with Gasteiger partial charge < -0.3 is 11.1 Å². The average Bonchev–Trinajstić information content (AvgIpc) is 2.48. The lowest BCUT2D eigenvalue weighted by Crippen LogP contribution is -2.24. The Labute approximate surface area is 132 Å². The molecule has 2 aromatic carbocycles. The van der Waals surface area contributed by atoms with Crippen LogP contribution in [0.3, 0.4) is 0 Å². The van der Waals surface area contributed by atoms with Gasteiger partial charge in [0.25, 0.3) is 5.91 Å². The molecule has 20 heavy (non-hydrogen) atoms. The highest BCUT2D eigenvalue weighted by molar-refractivity contribution is 14.1. The van der Waals surface area contributed by atoms with Gasteiger partial charge in [0.05, 0.1) is 5.56 Å². The minimum absolute atomic E-state index is 0.0510. The smallest absolute Gasteiger partial charge is 0.252 e. The molecule has 4 heteroatoms. The van der Waals surface area contributed by atoms with Crippen LogP contribution in [0.25, 0.3) is 0 Å². The molecule has 0 atom stereocenters. The summed E-state index contributed by atoms with van der Waals surface area (Å²) in [5.41, 5.74) is 9.65. The van der Waals surface area contributed by atoms with Gasteiger partial charge in [0.15, 0.2) is 0 Å². The van der Waals surface area contributed by atoms with E-state index in [1.54, 1.807) is 0 Å². The fraction of sp³-hybridized carbons (Fsp3) is 0.188. The van der Waals surface area contributed by atoms with Crippen molar-refractivity contribution in [2.45, 2.75) is 20.0 Å². The Balaban J connectivity index is 2.11. The first-order valence-electron chi connectivity index (χ1n) is 6.43. The Kier molecular flexibility index (Phi) is 5.14. The van der Waals surface area contributed by atoms with E-state index in [-0.39, 0.29) is 5.91 Å². The van der Waals surface area contributed by atoms with Crippen LogP contribution >= 0.6 is 22.6 Å². The van der Waals surface area contributed by atoms with Crippen LogP contribution in [-0.4, -0.2) is 5.91 Å². The highest BCUT2D eigenvalue weighted by Gasteiger charge is 2.11. The van der Waals surface area contributed by atoms with E-state index >= 15 is 0 Å². The summed E-state index contributed by atoms with van der Waals surface area (Å²) in [4.78, 5) is 12.2. The van der Waals surface area contributed by atoms with Crippen molar-refractivity contribution in [2.24, 2.45) is 5.73 Å². The van der Waals surface area contributed by atoms with Crippen LogP contribution < -0.4 is 11.1 Å². The molecule has 2 rings (SSSR count). The number of aryl methyl sites for hydroxylation is 1. The maximum absolute atomic E-state index is 12.2. The first kappa shape index (κ1) is 15.0. The zero-order chi connectivity index (χ0) is 14.5. The predicted molar refractivity (Wildman–Crippen MR) is 89.4 cm³/mol. The van der Waals surface area contributed by atoms with E-state index in [9.17, 15) is 4.79 Å². The van der Waals surface area contributed by atoms with Crippen LogP contribution in [-0.2, 0) is 13.1 Å². The number of benzene rings is 2. The zero-order valence-corrected chi connectivity index (χ0v) is 13.5. The van der Waals surface area contributed by atoms with Crippen LogP contribution in [0.15, 0.2) is 42.5 Å². The summed E-state index contributed by atoms with van der Waals surface area (Å²) in [6.45, 7) is 2.98. The molecular weight excluding hydrogens is 363 g/mol. The minimum atomic E-state index is -0.0510. The van der Waals surface area contributed by atoms with E-state index < -0.39 is 0 Å². The summed E-state index contributed by atoms with van der Waals surface area (Å²) in [7, 11) is 0. The molecule has 0 radical (unpaired) electrons. The molecule has 0 heterocycles. The van der Waals surface area contributed by atoms with Crippen molar-refractivity contribution < 1.29 is 4.79 Å². The summed E-state index contributed by atoms with van der Waals surface area (Å²) in [5.74, 6) is -0.0510. The van der Waals surface area contributed by atoms with Gasteiger partial charge in [0.2, 0.25) is 0 Å². The summed E-state index contributed by atoms with van der Waals surface area (Å²) < 4.78 is 0.995. The van der Waals surface area contributed by atoms with Crippen LogP contribution in [0, 0.1) is 10.5 Å². The molecule has 3 nitrogen and oxygen atoms in total. The van der Waals surface area contributed by atoms with Crippen LogP contribution in [0.4, 0.5) is 0 Å². The second kappa shape index (κ2) is 6.85. The van der Waals surface area contributed by atoms with Crippen molar-refractivity contribution in [3.05, 3.63) is 68.3 Å². The van der Waals surface area contributed by atoms with Gasteiger partial charge in [-0.15, -0.1) is 0 Å². The molecule has 0 aliphatic rings. The lowest BCUT2D eigenvalue weighted by molar-refractivity contribution is 0.0950. The van der Waals surface area contributed by atoms with Gasteiger partial charge in [-0.2, -0.15) is 0 Å². The number of halogens is 1. The molecule has 0 unspecified atom stereocenters. The van der Waals surface area contributed by atoms with Gasteiger partial charge in [-0.1, -0.05) is 36.4 Å². The van der Waals surface area contributed by atoms with Crippen LogP contribution in [0.2, 0.25) is 0 Å². The minimum Gasteiger partial charge on any atom is -0.348 e. The number of carbonyl (C=O) groups excluding carboxylic acids is 1. The third-order valence-electron chi connectivity index (χ3n) is 3.21. The van der Waals surface area contributed by atoms with Gasteiger partial charge in [0.1, 0.15) is 0 Å². The highest BCUT2D eigenvalue weighted by Crippen LogP contribution is 2.17. The second-order valence-corrected chi connectivity index (χ2v) is 5.67. The molecule has 0 aliphatic carbocycles. The van der Waals surface area contributed by atoms with Crippen molar-refractivity contribution in [1.82, 2.24) is 5.32 Å². The molecule has 0 bridgehead atoms. The first-order chi connectivity index (χ1) is 9.63. The molecule has 0 aromatic heterocycles. The van der Waals surface area contributed by atoms with Crippen molar-refractivity contribution in [1.29, 1.82) is 0 Å². The molecule has 2 aromatic rings. The van der Waals surface area contributed by atoms with E-state index in [1.165, 1.54) is 0 Å². The van der Waals surface area contributed by atoms with E-state index in [0.29, 0.717) is 13.1 Å². The highest BCUT2D eigenvalue weighted by atomic mass is 127. The second-order valence-electron chi connectivity index (χ2n) is 4.59. The van der Waals surface area contributed by atoms with Crippen molar-refractivity contribution in [2.75, 3.05) is 0 Å². The summed E-state index contributed by atoms with van der Waals surface area (Å²) >= 11 is 2.21. The number of rotatable bonds is 4. The number of nitrogens with two attached hydrogens (primary N) is 1. The van der Waals surface area contributed by atoms with E-state index in [2.05, 4.69) is 27.9 Å². The number of amides is 1.